The molecule has 1 aromatic carbocycles. The Morgan fingerprint density at radius 3 is 2.31 bits per heavy atom. The van der Waals surface area contributed by atoms with Crippen molar-refractivity contribution in [2.75, 3.05) is 26.5 Å². The van der Waals surface area contributed by atoms with Gasteiger partial charge in [0.05, 0.1) is 17.0 Å². The summed E-state index contributed by atoms with van der Waals surface area (Å²) in [6.07, 6.45) is 6.57. The molecule has 0 aromatic heterocycles. The van der Waals surface area contributed by atoms with Crippen LogP contribution in [-0.2, 0) is 14.6 Å². The lowest BCUT2D eigenvalue weighted by atomic mass is 9.81. The Morgan fingerprint density at radius 2 is 1.77 bits per heavy atom. The van der Waals surface area contributed by atoms with Gasteiger partial charge in [0.2, 0.25) is 5.91 Å². The van der Waals surface area contributed by atoms with E-state index in [1.807, 2.05) is 0 Å². The standard InChI is InChI=1S/C18H28N2O4S.ClH/c1-20(17(21)18(19)11-4-3-5-12-18)13-6-14-24-15-7-9-16(10-8-15)25(2,22)23;/h7-10H,3-6,11-14,19H2,1-2H3;1H. The number of hydrogen-bond donors (Lipinski definition) is 1. The van der Waals surface area contributed by atoms with Gasteiger partial charge in [-0.2, -0.15) is 0 Å². The molecule has 1 aliphatic rings. The number of benzene rings is 1. The molecule has 1 aromatic rings. The first kappa shape index (κ1) is 22.7. The first-order valence-corrected chi connectivity index (χ1v) is 10.6. The highest BCUT2D eigenvalue weighted by Gasteiger charge is 2.36. The van der Waals surface area contributed by atoms with Gasteiger partial charge in [0, 0.05) is 19.8 Å². The van der Waals surface area contributed by atoms with Crippen LogP contribution in [0, 0.1) is 0 Å². The van der Waals surface area contributed by atoms with E-state index < -0.39 is 15.4 Å². The van der Waals surface area contributed by atoms with Crippen LogP contribution < -0.4 is 10.5 Å². The van der Waals surface area contributed by atoms with E-state index in [9.17, 15) is 13.2 Å². The molecule has 0 spiro atoms. The molecule has 1 amide bonds. The summed E-state index contributed by atoms with van der Waals surface area (Å²) in [6.45, 7) is 1.03. The average Bonchev–Trinajstić information content (AvgIpc) is 2.58. The lowest BCUT2D eigenvalue weighted by Gasteiger charge is -2.35. The van der Waals surface area contributed by atoms with Crippen LogP contribution in [0.2, 0.25) is 0 Å². The van der Waals surface area contributed by atoms with E-state index in [4.69, 9.17) is 10.5 Å². The van der Waals surface area contributed by atoms with Crippen LogP contribution in [0.5, 0.6) is 5.75 Å². The predicted molar refractivity (Wildman–Crippen MR) is 105 cm³/mol. The molecule has 148 valence electrons. The van der Waals surface area contributed by atoms with Gasteiger partial charge in [0.15, 0.2) is 9.84 Å². The van der Waals surface area contributed by atoms with Crippen molar-refractivity contribution in [1.82, 2.24) is 4.90 Å². The third-order valence-corrected chi connectivity index (χ3v) is 5.81. The SMILES string of the molecule is CN(CCCOc1ccc(S(C)(=O)=O)cc1)C(=O)C1(N)CCCCC1.Cl. The molecule has 0 bridgehead atoms. The van der Waals surface area contributed by atoms with Crippen LogP contribution in [0.3, 0.4) is 0 Å². The summed E-state index contributed by atoms with van der Waals surface area (Å²) in [7, 11) is -1.41. The third kappa shape index (κ3) is 6.14. The first-order valence-electron chi connectivity index (χ1n) is 8.70. The van der Waals surface area contributed by atoms with Gasteiger partial charge < -0.3 is 15.4 Å². The lowest BCUT2D eigenvalue weighted by Crippen LogP contribution is -2.55. The molecule has 2 rings (SSSR count). The third-order valence-electron chi connectivity index (χ3n) is 4.68. The molecule has 1 saturated carbocycles. The number of rotatable bonds is 7. The van der Waals surface area contributed by atoms with Crippen LogP contribution >= 0.6 is 12.4 Å². The summed E-state index contributed by atoms with van der Waals surface area (Å²) < 4.78 is 28.4. The van der Waals surface area contributed by atoms with Crippen molar-refractivity contribution in [3.8, 4) is 5.75 Å². The molecule has 2 N–H and O–H groups in total. The largest absolute Gasteiger partial charge is 0.494 e. The van der Waals surface area contributed by atoms with Gasteiger partial charge in [-0.1, -0.05) is 19.3 Å². The molecular formula is C18H29ClN2O4S. The fraction of sp³-hybridized carbons (Fsp3) is 0.611. The molecule has 1 aliphatic carbocycles. The zero-order valence-corrected chi connectivity index (χ0v) is 17.1. The average molecular weight is 405 g/mol. The van der Waals surface area contributed by atoms with Crippen molar-refractivity contribution < 1.29 is 17.9 Å². The number of nitrogens with two attached hydrogens (primary N) is 1. The van der Waals surface area contributed by atoms with E-state index in [0.29, 0.717) is 25.3 Å². The fourth-order valence-electron chi connectivity index (χ4n) is 3.15. The number of hydrogen-bond acceptors (Lipinski definition) is 5. The highest BCUT2D eigenvalue weighted by molar-refractivity contribution is 7.90. The Morgan fingerprint density at radius 1 is 1.19 bits per heavy atom. The number of ether oxygens (including phenoxy) is 1. The smallest absolute Gasteiger partial charge is 0.242 e. The minimum atomic E-state index is -3.19. The van der Waals surface area contributed by atoms with Gasteiger partial charge in [-0.05, 0) is 43.5 Å². The van der Waals surface area contributed by atoms with E-state index >= 15 is 0 Å². The van der Waals surface area contributed by atoms with Crippen LogP contribution in [0.25, 0.3) is 0 Å². The van der Waals surface area contributed by atoms with Crippen molar-refractivity contribution in [2.24, 2.45) is 5.73 Å². The molecule has 8 heteroatoms. The van der Waals surface area contributed by atoms with Crippen LogP contribution in [0.15, 0.2) is 29.2 Å². The summed E-state index contributed by atoms with van der Waals surface area (Å²) in [6, 6.07) is 6.34. The summed E-state index contributed by atoms with van der Waals surface area (Å²) in [5.41, 5.74) is 5.58. The first-order chi connectivity index (χ1) is 11.7. The summed E-state index contributed by atoms with van der Waals surface area (Å²) in [5, 5.41) is 0. The van der Waals surface area contributed by atoms with Crippen LogP contribution in [0.4, 0.5) is 0 Å². The molecular weight excluding hydrogens is 376 g/mol. The van der Waals surface area contributed by atoms with Gasteiger partial charge in [-0.25, -0.2) is 8.42 Å². The number of amides is 1. The zero-order valence-electron chi connectivity index (χ0n) is 15.4. The number of carbonyl (C=O) groups is 1. The zero-order chi connectivity index (χ0) is 18.5. The maximum atomic E-state index is 12.5. The lowest BCUT2D eigenvalue weighted by molar-refractivity contribution is -0.137. The highest BCUT2D eigenvalue weighted by Crippen LogP contribution is 2.27. The molecule has 0 saturated heterocycles. The summed E-state index contributed by atoms with van der Waals surface area (Å²) in [4.78, 5) is 14.5. The second-order valence-electron chi connectivity index (χ2n) is 6.89. The quantitative estimate of drug-likeness (QED) is 0.705. The van der Waals surface area contributed by atoms with Gasteiger partial charge in [-0.15, -0.1) is 12.4 Å². The van der Waals surface area contributed by atoms with Gasteiger partial charge >= 0.3 is 0 Å². The van der Waals surface area contributed by atoms with Crippen LogP contribution in [-0.4, -0.2) is 51.2 Å². The number of halogens is 1. The topological polar surface area (TPSA) is 89.7 Å². The summed E-state index contributed by atoms with van der Waals surface area (Å²) in [5.74, 6) is 0.633. The maximum Gasteiger partial charge on any atom is 0.242 e. The summed E-state index contributed by atoms with van der Waals surface area (Å²) >= 11 is 0. The number of sulfone groups is 1. The molecule has 6 nitrogen and oxygen atoms in total. The van der Waals surface area contributed by atoms with Crippen molar-refractivity contribution in [3.63, 3.8) is 0 Å². The molecule has 0 aliphatic heterocycles. The van der Waals surface area contributed by atoms with E-state index in [1.54, 1.807) is 24.1 Å². The molecule has 26 heavy (non-hydrogen) atoms. The Balaban J connectivity index is 0.00000338. The van der Waals surface area contributed by atoms with E-state index in [0.717, 1.165) is 32.1 Å². The van der Waals surface area contributed by atoms with E-state index in [2.05, 4.69) is 0 Å². The number of nitrogens with zero attached hydrogens (tertiary/aromatic N) is 1. The van der Waals surface area contributed by atoms with Crippen molar-refractivity contribution in [2.45, 2.75) is 49.0 Å². The van der Waals surface area contributed by atoms with Crippen LogP contribution in [0.1, 0.15) is 38.5 Å². The normalized spacial score (nSPS) is 16.4. The molecule has 0 unspecified atom stereocenters. The second kappa shape index (κ2) is 9.58. The minimum absolute atomic E-state index is 0. The predicted octanol–water partition coefficient (Wildman–Crippen LogP) is 2.40. The molecule has 0 heterocycles. The van der Waals surface area contributed by atoms with Crippen molar-refractivity contribution in [3.05, 3.63) is 24.3 Å². The van der Waals surface area contributed by atoms with Gasteiger partial charge in [0.25, 0.3) is 0 Å². The number of likely N-dealkylation sites (N-methyl/N-ethyl adjacent to an activating group) is 1. The van der Waals surface area contributed by atoms with E-state index in [1.165, 1.54) is 18.4 Å². The highest BCUT2D eigenvalue weighted by atomic mass is 35.5. The van der Waals surface area contributed by atoms with Crippen molar-refractivity contribution >= 4 is 28.2 Å². The maximum absolute atomic E-state index is 12.5. The Bertz CT molecular complexity index is 686. The second-order valence-corrected chi connectivity index (χ2v) is 8.90. The van der Waals surface area contributed by atoms with Gasteiger partial charge in [-0.3, -0.25) is 4.79 Å². The monoisotopic (exact) mass is 404 g/mol. The molecule has 1 fully saturated rings. The van der Waals surface area contributed by atoms with Crippen molar-refractivity contribution in [1.29, 1.82) is 0 Å². The Labute approximate surface area is 162 Å². The van der Waals surface area contributed by atoms with E-state index in [-0.39, 0.29) is 23.2 Å². The Kier molecular flexibility index (Phi) is 8.37. The molecule has 0 radical (unpaired) electrons. The molecule has 0 atom stereocenters. The fourth-order valence-corrected chi connectivity index (χ4v) is 3.78. The minimum Gasteiger partial charge on any atom is -0.494 e. The number of carbonyl (C=O) groups excluding carboxylic acids is 1. The Hall–Kier alpha value is -1.31. The van der Waals surface area contributed by atoms with Gasteiger partial charge in [0.1, 0.15) is 5.75 Å².